The van der Waals surface area contributed by atoms with Gasteiger partial charge in [-0.3, -0.25) is 0 Å². The molecule has 0 aromatic heterocycles. The Morgan fingerprint density at radius 3 is 2.28 bits per heavy atom. The largest absolute Gasteiger partial charge is 0.405 e. The van der Waals surface area contributed by atoms with Crippen molar-refractivity contribution in [2.75, 3.05) is 6.54 Å². The van der Waals surface area contributed by atoms with Crippen LogP contribution in [0.4, 0.5) is 13.2 Å². The van der Waals surface area contributed by atoms with Gasteiger partial charge in [-0.25, -0.2) is 8.42 Å². The molecule has 2 N–H and O–H groups in total. The summed E-state index contributed by atoms with van der Waals surface area (Å²) in [6.07, 6.45) is -5.57. The summed E-state index contributed by atoms with van der Waals surface area (Å²) in [6.45, 7) is -0.381. The van der Waals surface area contributed by atoms with Gasteiger partial charge in [0, 0.05) is 0 Å². The molecule has 18 heavy (non-hydrogen) atoms. The number of hydrogen-bond donors (Lipinski definition) is 1. The van der Waals surface area contributed by atoms with E-state index < -0.39 is 32.6 Å². The smallest absolute Gasteiger partial charge is 0.330 e. The average molecular weight is 302 g/mol. The monoisotopic (exact) mass is 301 g/mol. The van der Waals surface area contributed by atoms with E-state index in [1.807, 2.05) is 0 Å². The van der Waals surface area contributed by atoms with E-state index >= 15 is 0 Å². The third-order valence-electron chi connectivity index (χ3n) is 2.31. The quantitative estimate of drug-likeness (QED) is 0.929. The van der Waals surface area contributed by atoms with Crippen molar-refractivity contribution >= 4 is 21.4 Å². The maximum absolute atomic E-state index is 12.7. The molecule has 0 fully saturated rings. The summed E-state index contributed by atoms with van der Waals surface area (Å²) in [5.74, 6) is 0. The summed E-state index contributed by atoms with van der Waals surface area (Å²) < 4.78 is 62.1. The molecule has 1 aromatic carbocycles. The van der Waals surface area contributed by atoms with E-state index in [-0.39, 0.29) is 11.6 Å². The number of hydrogen-bond acceptors (Lipinski definition) is 3. The van der Waals surface area contributed by atoms with Crippen LogP contribution in [0.1, 0.15) is 6.42 Å². The molecule has 0 heterocycles. The first kappa shape index (κ1) is 15.3. The highest BCUT2D eigenvalue weighted by molar-refractivity contribution is 7.92. The van der Waals surface area contributed by atoms with Gasteiger partial charge in [-0.05, 0) is 25.1 Å². The standard InChI is InChI=1S/C10H11ClF3NO2S/c11-7-3-1-2-4-8(7)18(16,17)9(5-6-15)10(12,13)14/h1-4,9H,5-6,15H2. The van der Waals surface area contributed by atoms with Gasteiger partial charge in [-0.1, -0.05) is 23.7 Å². The Morgan fingerprint density at radius 1 is 1.28 bits per heavy atom. The average Bonchev–Trinajstić information content (AvgIpc) is 2.24. The van der Waals surface area contributed by atoms with Crippen molar-refractivity contribution in [2.24, 2.45) is 5.73 Å². The van der Waals surface area contributed by atoms with Crippen LogP contribution in [0.15, 0.2) is 29.2 Å². The van der Waals surface area contributed by atoms with Gasteiger partial charge in [-0.15, -0.1) is 0 Å². The molecule has 8 heteroatoms. The summed E-state index contributed by atoms with van der Waals surface area (Å²) >= 11 is 5.63. The van der Waals surface area contributed by atoms with E-state index in [0.29, 0.717) is 0 Å². The summed E-state index contributed by atoms with van der Waals surface area (Å²) in [4.78, 5) is -0.526. The third kappa shape index (κ3) is 3.15. The van der Waals surface area contributed by atoms with Crippen molar-refractivity contribution < 1.29 is 21.6 Å². The van der Waals surface area contributed by atoms with E-state index in [0.717, 1.165) is 6.07 Å². The first-order valence-electron chi connectivity index (χ1n) is 4.96. The Bertz CT molecular complexity index is 516. The van der Waals surface area contributed by atoms with Crippen molar-refractivity contribution in [3.63, 3.8) is 0 Å². The lowest BCUT2D eigenvalue weighted by Gasteiger charge is -2.20. The molecule has 0 bridgehead atoms. The molecule has 1 aromatic rings. The maximum atomic E-state index is 12.7. The van der Waals surface area contributed by atoms with Crippen LogP contribution >= 0.6 is 11.6 Å². The third-order valence-corrected chi connectivity index (χ3v) is 4.97. The normalized spacial score (nSPS) is 14.5. The molecular formula is C10H11ClF3NO2S. The number of alkyl halides is 3. The predicted molar refractivity (Wildman–Crippen MR) is 62.2 cm³/mol. The molecule has 0 aliphatic heterocycles. The van der Waals surface area contributed by atoms with Crippen LogP contribution in [-0.4, -0.2) is 26.4 Å². The highest BCUT2D eigenvalue weighted by atomic mass is 35.5. The molecule has 1 rings (SSSR count). The lowest BCUT2D eigenvalue weighted by atomic mass is 10.3. The van der Waals surface area contributed by atoms with Crippen molar-refractivity contribution in [3.8, 4) is 0 Å². The molecule has 0 saturated heterocycles. The van der Waals surface area contributed by atoms with Crippen LogP contribution in [0.2, 0.25) is 5.02 Å². The van der Waals surface area contributed by atoms with Crippen LogP contribution in [0.3, 0.4) is 0 Å². The summed E-state index contributed by atoms with van der Waals surface area (Å²) in [5, 5.41) is -2.77. The highest BCUT2D eigenvalue weighted by Crippen LogP contribution is 2.34. The topological polar surface area (TPSA) is 60.2 Å². The highest BCUT2D eigenvalue weighted by Gasteiger charge is 2.48. The van der Waals surface area contributed by atoms with Gasteiger partial charge in [0.2, 0.25) is 0 Å². The molecule has 0 radical (unpaired) electrons. The molecule has 1 unspecified atom stereocenters. The van der Waals surface area contributed by atoms with Gasteiger partial charge in [0.05, 0.1) is 9.92 Å². The van der Waals surface area contributed by atoms with E-state index in [9.17, 15) is 21.6 Å². The molecule has 0 spiro atoms. The van der Waals surface area contributed by atoms with Gasteiger partial charge < -0.3 is 5.73 Å². The number of rotatable bonds is 4. The summed E-state index contributed by atoms with van der Waals surface area (Å²) in [5.41, 5.74) is 5.04. The fourth-order valence-corrected chi connectivity index (χ4v) is 3.65. The zero-order chi connectivity index (χ0) is 14.0. The van der Waals surface area contributed by atoms with Crippen LogP contribution in [-0.2, 0) is 9.84 Å². The Balaban J connectivity index is 3.31. The first-order valence-corrected chi connectivity index (χ1v) is 6.89. The minimum absolute atomic E-state index is 0.233. The van der Waals surface area contributed by atoms with E-state index in [1.165, 1.54) is 18.2 Å². The van der Waals surface area contributed by atoms with Gasteiger partial charge in [0.1, 0.15) is 0 Å². The zero-order valence-electron chi connectivity index (χ0n) is 9.11. The summed E-state index contributed by atoms with van der Waals surface area (Å²) in [7, 11) is -4.59. The van der Waals surface area contributed by atoms with Gasteiger partial charge in [-0.2, -0.15) is 13.2 Å². The fourth-order valence-electron chi connectivity index (χ4n) is 1.47. The van der Waals surface area contributed by atoms with Crippen molar-refractivity contribution in [1.82, 2.24) is 0 Å². The molecule has 102 valence electrons. The minimum atomic E-state index is -4.88. The van der Waals surface area contributed by atoms with Crippen molar-refractivity contribution in [3.05, 3.63) is 29.3 Å². The second kappa shape index (κ2) is 5.46. The Hall–Kier alpha value is -0.790. The SMILES string of the molecule is NCCC(C(F)(F)F)S(=O)(=O)c1ccccc1Cl. The predicted octanol–water partition coefficient (Wildman–Crippen LogP) is 2.39. The molecule has 0 saturated carbocycles. The molecule has 0 aliphatic rings. The van der Waals surface area contributed by atoms with Crippen LogP contribution < -0.4 is 5.73 Å². The van der Waals surface area contributed by atoms with Gasteiger partial charge >= 0.3 is 6.18 Å². The first-order chi connectivity index (χ1) is 8.21. The number of halogens is 4. The Kier molecular flexibility index (Phi) is 4.63. The van der Waals surface area contributed by atoms with E-state index in [1.54, 1.807) is 0 Å². The van der Waals surface area contributed by atoms with Crippen molar-refractivity contribution in [2.45, 2.75) is 22.7 Å². The molecule has 3 nitrogen and oxygen atoms in total. The second-order valence-electron chi connectivity index (χ2n) is 3.58. The van der Waals surface area contributed by atoms with Crippen LogP contribution in [0, 0.1) is 0 Å². The maximum Gasteiger partial charge on any atom is 0.405 e. The molecule has 1 atom stereocenters. The lowest BCUT2D eigenvalue weighted by Crippen LogP contribution is -2.38. The van der Waals surface area contributed by atoms with Crippen molar-refractivity contribution in [1.29, 1.82) is 0 Å². The number of nitrogens with two attached hydrogens (primary N) is 1. The Labute approximate surface area is 108 Å². The Morgan fingerprint density at radius 2 is 1.83 bits per heavy atom. The minimum Gasteiger partial charge on any atom is -0.330 e. The van der Waals surface area contributed by atoms with E-state index in [2.05, 4.69) is 0 Å². The fraction of sp³-hybridized carbons (Fsp3) is 0.400. The zero-order valence-corrected chi connectivity index (χ0v) is 10.7. The molecule has 0 amide bonds. The summed E-state index contributed by atoms with van der Waals surface area (Å²) in [6, 6.07) is 5.03. The number of sulfone groups is 1. The van der Waals surface area contributed by atoms with Gasteiger partial charge in [0.25, 0.3) is 0 Å². The number of benzene rings is 1. The van der Waals surface area contributed by atoms with Crippen LogP contribution in [0.5, 0.6) is 0 Å². The lowest BCUT2D eigenvalue weighted by molar-refractivity contribution is -0.131. The molecular weight excluding hydrogens is 291 g/mol. The van der Waals surface area contributed by atoms with Gasteiger partial charge in [0.15, 0.2) is 15.1 Å². The van der Waals surface area contributed by atoms with E-state index in [4.69, 9.17) is 17.3 Å². The second-order valence-corrected chi connectivity index (χ2v) is 6.09. The van der Waals surface area contributed by atoms with Crippen LogP contribution in [0.25, 0.3) is 0 Å². The molecule has 0 aliphatic carbocycles.